The molecule has 0 spiro atoms. The molecule has 2 rings (SSSR count). The van der Waals surface area contributed by atoms with Crippen molar-refractivity contribution in [3.05, 3.63) is 47.9 Å². The van der Waals surface area contributed by atoms with Gasteiger partial charge in [-0.3, -0.25) is 0 Å². The summed E-state index contributed by atoms with van der Waals surface area (Å²) in [4.78, 5) is 15.8. The van der Waals surface area contributed by atoms with Crippen LogP contribution in [0.25, 0.3) is 0 Å². The van der Waals surface area contributed by atoms with Crippen molar-refractivity contribution < 1.29 is 13.9 Å². The van der Waals surface area contributed by atoms with Crippen molar-refractivity contribution in [3.8, 4) is 0 Å². The molecular weight excluding hydrogens is 268 g/mol. The zero-order chi connectivity index (χ0) is 15.4. The molecule has 0 bridgehead atoms. The molecule has 0 fully saturated rings. The van der Waals surface area contributed by atoms with E-state index >= 15 is 0 Å². The highest BCUT2D eigenvalue weighted by atomic mass is 16.5. The third-order valence-electron chi connectivity index (χ3n) is 3.15. The molecule has 1 aromatic carbocycles. The SMILES string of the molecule is CN(C)c1ccc(COC(=O)c2ccco2)c(N(C)C)c1. The number of carbonyl (C=O) groups is 1. The maximum Gasteiger partial charge on any atom is 0.374 e. The second-order valence-corrected chi connectivity index (χ2v) is 5.16. The van der Waals surface area contributed by atoms with Crippen molar-refractivity contribution >= 4 is 17.3 Å². The number of carbonyl (C=O) groups excluding carboxylic acids is 1. The van der Waals surface area contributed by atoms with Gasteiger partial charge in [0.25, 0.3) is 0 Å². The van der Waals surface area contributed by atoms with Gasteiger partial charge in [0.15, 0.2) is 0 Å². The average molecular weight is 288 g/mol. The predicted molar refractivity (Wildman–Crippen MR) is 82.9 cm³/mol. The summed E-state index contributed by atoms with van der Waals surface area (Å²) in [5.74, 6) is -0.243. The highest BCUT2D eigenvalue weighted by Crippen LogP contribution is 2.25. The molecule has 0 atom stereocenters. The van der Waals surface area contributed by atoms with E-state index in [9.17, 15) is 4.79 Å². The van der Waals surface area contributed by atoms with E-state index in [-0.39, 0.29) is 12.4 Å². The molecule has 0 saturated heterocycles. The van der Waals surface area contributed by atoms with E-state index in [1.54, 1.807) is 12.1 Å². The fourth-order valence-electron chi connectivity index (χ4n) is 1.98. The molecule has 1 aromatic heterocycles. The Morgan fingerprint density at radius 3 is 2.48 bits per heavy atom. The minimum absolute atomic E-state index is 0.209. The van der Waals surface area contributed by atoms with Gasteiger partial charge in [0.2, 0.25) is 5.76 Å². The second kappa shape index (κ2) is 6.35. The van der Waals surface area contributed by atoms with Crippen LogP contribution < -0.4 is 9.80 Å². The van der Waals surface area contributed by atoms with Crippen molar-refractivity contribution in [2.75, 3.05) is 38.0 Å². The van der Waals surface area contributed by atoms with Gasteiger partial charge in [0.05, 0.1) is 6.26 Å². The Hall–Kier alpha value is -2.43. The van der Waals surface area contributed by atoms with E-state index in [1.165, 1.54) is 6.26 Å². The number of anilines is 2. The maximum absolute atomic E-state index is 11.8. The van der Waals surface area contributed by atoms with Gasteiger partial charge in [-0.1, -0.05) is 6.07 Å². The van der Waals surface area contributed by atoms with Crippen LogP contribution in [0.1, 0.15) is 16.1 Å². The van der Waals surface area contributed by atoms with E-state index in [0.29, 0.717) is 0 Å². The zero-order valence-corrected chi connectivity index (χ0v) is 12.8. The lowest BCUT2D eigenvalue weighted by molar-refractivity contribution is 0.0437. The summed E-state index contributed by atoms with van der Waals surface area (Å²) in [6.07, 6.45) is 1.45. The lowest BCUT2D eigenvalue weighted by Crippen LogP contribution is -2.15. The van der Waals surface area contributed by atoms with E-state index in [4.69, 9.17) is 9.15 Å². The monoisotopic (exact) mass is 288 g/mol. The van der Waals surface area contributed by atoms with Crippen LogP contribution in [0, 0.1) is 0 Å². The molecule has 112 valence electrons. The topological polar surface area (TPSA) is 45.9 Å². The molecule has 2 aromatic rings. The molecule has 0 saturated carbocycles. The van der Waals surface area contributed by atoms with E-state index in [2.05, 4.69) is 6.07 Å². The highest BCUT2D eigenvalue weighted by Gasteiger charge is 2.13. The number of benzene rings is 1. The standard InChI is InChI=1S/C16H20N2O3/c1-17(2)13-8-7-12(14(10-13)18(3)4)11-21-16(19)15-6-5-9-20-15/h5-10H,11H2,1-4H3. The van der Waals surface area contributed by atoms with Crippen molar-refractivity contribution in [2.24, 2.45) is 0 Å². The van der Waals surface area contributed by atoms with Gasteiger partial charge in [-0.05, 0) is 24.3 Å². The third kappa shape index (κ3) is 3.56. The van der Waals surface area contributed by atoms with Gasteiger partial charge in [-0.25, -0.2) is 4.79 Å². The molecule has 5 nitrogen and oxygen atoms in total. The molecule has 0 N–H and O–H groups in total. The number of nitrogens with zero attached hydrogens (tertiary/aromatic N) is 2. The summed E-state index contributed by atoms with van der Waals surface area (Å²) in [6, 6.07) is 9.29. The van der Waals surface area contributed by atoms with Crippen molar-refractivity contribution in [3.63, 3.8) is 0 Å². The summed E-state index contributed by atoms with van der Waals surface area (Å²) in [7, 11) is 7.91. The quantitative estimate of drug-likeness (QED) is 0.792. The first kappa shape index (κ1) is 15.0. The molecule has 0 radical (unpaired) electrons. The molecule has 5 heteroatoms. The number of furan rings is 1. The van der Waals surface area contributed by atoms with E-state index in [0.717, 1.165) is 16.9 Å². The number of ether oxygens (including phenoxy) is 1. The van der Waals surface area contributed by atoms with Gasteiger partial charge in [0.1, 0.15) is 6.61 Å². The molecule has 0 aliphatic rings. The second-order valence-electron chi connectivity index (χ2n) is 5.16. The Bertz CT molecular complexity index is 604. The van der Waals surface area contributed by atoms with Gasteiger partial charge < -0.3 is 19.0 Å². The first-order chi connectivity index (χ1) is 9.99. The number of hydrogen-bond donors (Lipinski definition) is 0. The summed E-state index contributed by atoms with van der Waals surface area (Å²) in [5.41, 5.74) is 3.07. The fourth-order valence-corrected chi connectivity index (χ4v) is 1.98. The average Bonchev–Trinajstić information content (AvgIpc) is 2.98. The molecule has 0 amide bonds. The molecule has 1 heterocycles. The Labute approximate surface area is 124 Å². The van der Waals surface area contributed by atoms with E-state index < -0.39 is 5.97 Å². The van der Waals surface area contributed by atoms with Gasteiger partial charge in [0, 0.05) is 45.1 Å². The van der Waals surface area contributed by atoms with Crippen LogP contribution in [0.5, 0.6) is 0 Å². The predicted octanol–water partition coefficient (Wildman–Crippen LogP) is 2.77. The summed E-state index contributed by atoms with van der Waals surface area (Å²) < 4.78 is 10.3. The zero-order valence-electron chi connectivity index (χ0n) is 12.8. The maximum atomic E-state index is 11.8. The Kier molecular flexibility index (Phi) is 4.52. The lowest BCUT2D eigenvalue weighted by Gasteiger charge is -2.21. The van der Waals surface area contributed by atoms with Crippen LogP contribution >= 0.6 is 0 Å². The third-order valence-corrected chi connectivity index (χ3v) is 3.15. The number of esters is 1. The molecule has 0 aliphatic heterocycles. The largest absolute Gasteiger partial charge is 0.457 e. The minimum atomic E-state index is -0.457. The molecule has 21 heavy (non-hydrogen) atoms. The van der Waals surface area contributed by atoms with Crippen LogP contribution in [0.15, 0.2) is 41.0 Å². The van der Waals surface area contributed by atoms with Crippen molar-refractivity contribution in [1.29, 1.82) is 0 Å². The lowest BCUT2D eigenvalue weighted by atomic mass is 10.1. The molecule has 0 unspecified atom stereocenters. The Morgan fingerprint density at radius 1 is 1.14 bits per heavy atom. The number of rotatable bonds is 5. The summed E-state index contributed by atoms with van der Waals surface area (Å²) in [5, 5.41) is 0. The summed E-state index contributed by atoms with van der Waals surface area (Å²) >= 11 is 0. The number of hydrogen-bond acceptors (Lipinski definition) is 5. The first-order valence-corrected chi connectivity index (χ1v) is 6.67. The Balaban J connectivity index is 2.14. The van der Waals surface area contributed by atoms with Crippen molar-refractivity contribution in [1.82, 2.24) is 0 Å². The smallest absolute Gasteiger partial charge is 0.374 e. The first-order valence-electron chi connectivity index (χ1n) is 6.67. The van der Waals surface area contributed by atoms with Gasteiger partial charge >= 0.3 is 5.97 Å². The van der Waals surface area contributed by atoms with Crippen LogP contribution in [0.2, 0.25) is 0 Å². The highest BCUT2D eigenvalue weighted by molar-refractivity contribution is 5.86. The van der Waals surface area contributed by atoms with Crippen molar-refractivity contribution in [2.45, 2.75) is 6.61 Å². The van der Waals surface area contributed by atoms with Crippen LogP contribution in [-0.2, 0) is 11.3 Å². The van der Waals surface area contributed by atoms with Crippen LogP contribution in [0.3, 0.4) is 0 Å². The Morgan fingerprint density at radius 2 is 1.90 bits per heavy atom. The van der Waals surface area contributed by atoms with Crippen LogP contribution in [0.4, 0.5) is 11.4 Å². The van der Waals surface area contributed by atoms with Gasteiger partial charge in [-0.2, -0.15) is 0 Å². The fraction of sp³-hybridized carbons (Fsp3) is 0.312. The van der Waals surface area contributed by atoms with Gasteiger partial charge in [-0.15, -0.1) is 0 Å². The minimum Gasteiger partial charge on any atom is -0.457 e. The summed E-state index contributed by atoms with van der Waals surface area (Å²) in [6.45, 7) is 0.209. The van der Waals surface area contributed by atoms with Crippen LogP contribution in [-0.4, -0.2) is 34.2 Å². The molecular formula is C16H20N2O3. The normalized spacial score (nSPS) is 10.3. The van der Waals surface area contributed by atoms with E-state index in [1.807, 2.05) is 50.1 Å². The molecule has 0 aliphatic carbocycles.